The number of thiophene rings is 1. The highest BCUT2D eigenvalue weighted by atomic mass is 32.1. The summed E-state index contributed by atoms with van der Waals surface area (Å²) >= 11 is 1.28. The third-order valence-corrected chi connectivity index (χ3v) is 5.81. The van der Waals surface area contributed by atoms with Gasteiger partial charge >= 0.3 is 0 Å². The van der Waals surface area contributed by atoms with Crippen LogP contribution in [0, 0.1) is 10.1 Å². The van der Waals surface area contributed by atoms with E-state index in [1.54, 1.807) is 29.5 Å². The maximum atomic E-state index is 13.1. The minimum atomic E-state index is -0.476. The van der Waals surface area contributed by atoms with Gasteiger partial charge in [0, 0.05) is 36.7 Å². The first-order chi connectivity index (χ1) is 14.9. The van der Waals surface area contributed by atoms with Gasteiger partial charge in [0.05, 0.1) is 16.6 Å². The van der Waals surface area contributed by atoms with Crippen molar-refractivity contribution in [3.8, 4) is 11.1 Å². The lowest BCUT2D eigenvalue weighted by molar-refractivity contribution is -0.384. The Morgan fingerprint density at radius 2 is 1.97 bits per heavy atom. The number of aromatic nitrogens is 2. The summed E-state index contributed by atoms with van der Waals surface area (Å²) in [6, 6.07) is 15.7. The Hall–Kier alpha value is -3.85. The SMILES string of the molecule is CN(Cc1ccccc1)C(=O)Cn1cnc2scc(-c3cccc([N+](=O)[O-])c3)c2c1=O. The molecule has 0 fully saturated rings. The van der Waals surface area contributed by atoms with Crippen LogP contribution in [-0.4, -0.2) is 32.3 Å². The van der Waals surface area contributed by atoms with Gasteiger partial charge in [-0.3, -0.25) is 24.3 Å². The smallest absolute Gasteiger partial charge is 0.270 e. The number of hydrogen-bond acceptors (Lipinski definition) is 6. The van der Waals surface area contributed by atoms with Crippen LogP contribution in [0.2, 0.25) is 0 Å². The Kier molecular flexibility index (Phi) is 5.59. The highest BCUT2D eigenvalue weighted by molar-refractivity contribution is 7.17. The highest BCUT2D eigenvalue weighted by Crippen LogP contribution is 2.32. The molecule has 0 unspecified atom stereocenters. The molecule has 0 aliphatic carbocycles. The first-order valence-corrected chi connectivity index (χ1v) is 10.3. The minimum Gasteiger partial charge on any atom is -0.340 e. The highest BCUT2D eigenvalue weighted by Gasteiger charge is 2.17. The topological polar surface area (TPSA) is 98.3 Å². The number of nitrogens with zero attached hydrogens (tertiary/aromatic N) is 4. The van der Waals surface area contributed by atoms with Crippen LogP contribution in [0.15, 0.2) is 71.1 Å². The number of nitro groups is 1. The number of nitro benzene ring substituents is 1. The molecule has 4 aromatic rings. The summed E-state index contributed by atoms with van der Waals surface area (Å²) in [5, 5.41) is 13.2. The predicted molar refractivity (Wildman–Crippen MR) is 119 cm³/mol. The second-order valence-electron chi connectivity index (χ2n) is 7.05. The zero-order valence-electron chi connectivity index (χ0n) is 16.6. The quantitative estimate of drug-likeness (QED) is 0.340. The van der Waals surface area contributed by atoms with E-state index in [1.165, 1.54) is 34.4 Å². The van der Waals surface area contributed by atoms with Gasteiger partial charge in [0.1, 0.15) is 11.4 Å². The molecule has 0 saturated heterocycles. The number of fused-ring (bicyclic) bond motifs is 1. The molecule has 2 aromatic heterocycles. The lowest BCUT2D eigenvalue weighted by Crippen LogP contribution is -2.33. The number of non-ortho nitro benzene ring substituents is 1. The van der Waals surface area contributed by atoms with Crippen molar-refractivity contribution in [3.05, 3.63) is 92.3 Å². The fourth-order valence-electron chi connectivity index (χ4n) is 3.29. The summed E-state index contributed by atoms with van der Waals surface area (Å²) in [4.78, 5) is 42.9. The molecule has 31 heavy (non-hydrogen) atoms. The number of amides is 1. The lowest BCUT2D eigenvalue weighted by atomic mass is 10.1. The van der Waals surface area contributed by atoms with Gasteiger partial charge in [-0.1, -0.05) is 42.5 Å². The first-order valence-electron chi connectivity index (χ1n) is 9.43. The van der Waals surface area contributed by atoms with Crippen LogP contribution < -0.4 is 5.56 Å². The van der Waals surface area contributed by atoms with Gasteiger partial charge in [-0.2, -0.15) is 0 Å². The van der Waals surface area contributed by atoms with Crippen molar-refractivity contribution in [3.63, 3.8) is 0 Å². The Bertz CT molecular complexity index is 1330. The molecule has 1 amide bonds. The molecule has 2 aromatic carbocycles. The van der Waals surface area contributed by atoms with E-state index in [-0.39, 0.29) is 23.7 Å². The minimum absolute atomic E-state index is 0.0567. The maximum Gasteiger partial charge on any atom is 0.270 e. The van der Waals surface area contributed by atoms with Crippen molar-refractivity contribution in [2.24, 2.45) is 0 Å². The number of benzene rings is 2. The van der Waals surface area contributed by atoms with Crippen molar-refractivity contribution in [1.82, 2.24) is 14.5 Å². The average Bonchev–Trinajstić information content (AvgIpc) is 3.21. The fourth-order valence-corrected chi connectivity index (χ4v) is 4.20. The molecule has 9 heteroatoms. The molecule has 0 saturated carbocycles. The molecular weight excluding hydrogens is 416 g/mol. The Labute approximate surface area is 181 Å². The number of rotatable bonds is 6. The molecule has 0 N–H and O–H groups in total. The van der Waals surface area contributed by atoms with Gasteiger partial charge in [0.25, 0.3) is 11.2 Å². The van der Waals surface area contributed by atoms with Crippen LogP contribution in [0.25, 0.3) is 21.3 Å². The van der Waals surface area contributed by atoms with E-state index in [0.29, 0.717) is 27.9 Å². The number of likely N-dealkylation sites (N-methyl/N-ethyl adjacent to an activating group) is 1. The molecule has 0 bridgehead atoms. The molecule has 0 aliphatic rings. The molecule has 0 radical (unpaired) electrons. The van der Waals surface area contributed by atoms with Crippen LogP contribution >= 0.6 is 11.3 Å². The summed E-state index contributed by atoms with van der Waals surface area (Å²) < 4.78 is 1.28. The van der Waals surface area contributed by atoms with Gasteiger partial charge in [0.2, 0.25) is 5.91 Å². The van der Waals surface area contributed by atoms with E-state index in [4.69, 9.17) is 0 Å². The van der Waals surface area contributed by atoms with E-state index in [1.807, 2.05) is 30.3 Å². The zero-order valence-corrected chi connectivity index (χ0v) is 17.4. The normalized spacial score (nSPS) is 10.9. The van der Waals surface area contributed by atoms with E-state index in [9.17, 15) is 19.7 Å². The standard InChI is InChI=1S/C22H18N4O4S/c1-24(11-15-6-3-2-4-7-15)19(27)12-25-14-23-21-20(22(25)28)18(13-31-21)16-8-5-9-17(10-16)26(29)30/h2-10,13-14H,11-12H2,1H3. The van der Waals surface area contributed by atoms with Gasteiger partial charge in [-0.25, -0.2) is 4.98 Å². The van der Waals surface area contributed by atoms with Crippen LogP contribution in [-0.2, 0) is 17.9 Å². The number of carbonyl (C=O) groups excluding carboxylic acids is 1. The third-order valence-electron chi connectivity index (χ3n) is 4.92. The Morgan fingerprint density at radius 3 is 2.71 bits per heavy atom. The van der Waals surface area contributed by atoms with Crippen LogP contribution in [0.1, 0.15) is 5.56 Å². The second-order valence-corrected chi connectivity index (χ2v) is 7.91. The van der Waals surface area contributed by atoms with Gasteiger partial charge in [-0.05, 0) is 11.1 Å². The van der Waals surface area contributed by atoms with Crippen molar-refractivity contribution in [1.29, 1.82) is 0 Å². The summed E-state index contributed by atoms with van der Waals surface area (Å²) in [5.41, 5.74) is 1.71. The van der Waals surface area contributed by atoms with Gasteiger partial charge in [-0.15, -0.1) is 11.3 Å². The van der Waals surface area contributed by atoms with Crippen LogP contribution in [0.4, 0.5) is 5.69 Å². The number of hydrogen-bond donors (Lipinski definition) is 0. The van der Waals surface area contributed by atoms with Gasteiger partial charge in [0.15, 0.2) is 0 Å². The van der Waals surface area contributed by atoms with Crippen molar-refractivity contribution < 1.29 is 9.72 Å². The Balaban J connectivity index is 1.64. The van der Waals surface area contributed by atoms with E-state index < -0.39 is 4.92 Å². The molecular formula is C22H18N4O4S. The molecule has 0 atom stereocenters. The van der Waals surface area contributed by atoms with Gasteiger partial charge < -0.3 is 4.90 Å². The zero-order chi connectivity index (χ0) is 22.0. The summed E-state index contributed by atoms with van der Waals surface area (Å²) in [6.07, 6.45) is 1.37. The van der Waals surface area contributed by atoms with Crippen molar-refractivity contribution in [2.75, 3.05) is 7.05 Å². The van der Waals surface area contributed by atoms with E-state index in [0.717, 1.165) is 5.56 Å². The maximum absolute atomic E-state index is 13.1. The van der Waals surface area contributed by atoms with Crippen molar-refractivity contribution >= 4 is 33.1 Å². The van der Waals surface area contributed by atoms with Crippen LogP contribution in [0.3, 0.4) is 0 Å². The monoisotopic (exact) mass is 434 g/mol. The summed E-state index contributed by atoms with van der Waals surface area (Å²) in [6.45, 7) is 0.289. The van der Waals surface area contributed by atoms with E-state index in [2.05, 4.69) is 4.98 Å². The molecule has 156 valence electrons. The van der Waals surface area contributed by atoms with Crippen LogP contribution in [0.5, 0.6) is 0 Å². The second kappa shape index (κ2) is 8.49. The molecule has 4 rings (SSSR count). The van der Waals surface area contributed by atoms with E-state index >= 15 is 0 Å². The molecule has 0 spiro atoms. The number of carbonyl (C=O) groups is 1. The fraction of sp³-hybridized carbons (Fsp3) is 0.136. The largest absolute Gasteiger partial charge is 0.340 e. The lowest BCUT2D eigenvalue weighted by Gasteiger charge is -2.18. The van der Waals surface area contributed by atoms with Crippen molar-refractivity contribution in [2.45, 2.75) is 13.1 Å². The molecule has 8 nitrogen and oxygen atoms in total. The Morgan fingerprint density at radius 1 is 1.19 bits per heavy atom. The predicted octanol–water partition coefficient (Wildman–Crippen LogP) is 3.69. The first kappa shape index (κ1) is 20.4. The third kappa shape index (κ3) is 4.22. The molecule has 2 heterocycles. The summed E-state index contributed by atoms with van der Waals surface area (Å²) in [7, 11) is 1.69. The molecule has 0 aliphatic heterocycles. The average molecular weight is 434 g/mol. The summed E-state index contributed by atoms with van der Waals surface area (Å²) in [5.74, 6) is -0.223.